The van der Waals surface area contributed by atoms with Gasteiger partial charge in [0, 0.05) is 31.6 Å². The van der Waals surface area contributed by atoms with Gasteiger partial charge in [0.05, 0.1) is 28.6 Å². The summed E-state index contributed by atoms with van der Waals surface area (Å²) in [5, 5.41) is 1.49. The highest BCUT2D eigenvalue weighted by Crippen LogP contribution is 2.34. The van der Waals surface area contributed by atoms with Gasteiger partial charge in [-0.05, 0) is 30.3 Å². The number of fused-ring (bicyclic) bond motifs is 1. The summed E-state index contributed by atoms with van der Waals surface area (Å²) < 4.78 is 109. The maximum atomic E-state index is 13.3. The summed E-state index contributed by atoms with van der Waals surface area (Å²) in [6.07, 6.45) is -9.34. The average Bonchev–Trinajstić information content (AvgIpc) is 3.12. The largest absolute Gasteiger partial charge is 0.472 e. The van der Waals surface area contributed by atoms with Gasteiger partial charge in [0.15, 0.2) is 9.84 Å². The number of aromatic nitrogens is 1. The maximum absolute atomic E-state index is 13.3. The Kier molecular flexibility index (Phi) is 6.47. The number of halogens is 6. The lowest BCUT2D eigenvalue weighted by Gasteiger charge is -2.28. The van der Waals surface area contributed by atoms with Crippen molar-refractivity contribution < 1.29 is 44.3 Å². The molecular formula is C21H19F6N3O4S. The third kappa shape index (κ3) is 5.22. The van der Waals surface area contributed by atoms with Crippen LogP contribution in [-0.4, -0.2) is 54.8 Å². The fourth-order valence-corrected chi connectivity index (χ4v) is 5.99. The van der Waals surface area contributed by atoms with Gasteiger partial charge in [-0.25, -0.2) is 13.4 Å². The second-order valence-electron chi connectivity index (χ2n) is 8.16. The third-order valence-electron chi connectivity index (χ3n) is 5.85. The van der Waals surface area contributed by atoms with Crippen molar-refractivity contribution in [3.8, 4) is 5.88 Å². The van der Waals surface area contributed by atoms with Crippen LogP contribution < -0.4 is 10.1 Å². The zero-order valence-electron chi connectivity index (χ0n) is 17.8. The van der Waals surface area contributed by atoms with E-state index in [4.69, 9.17) is 4.74 Å². The number of carbonyl (C=O) groups excluding carboxylic acids is 1. The van der Waals surface area contributed by atoms with E-state index in [0.717, 1.165) is 24.3 Å². The molecule has 7 nitrogen and oxygen atoms in total. The van der Waals surface area contributed by atoms with Crippen LogP contribution in [0.5, 0.6) is 5.88 Å². The zero-order chi connectivity index (χ0) is 25.6. The van der Waals surface area contributed by atoms with Crippen molar-refractivity contribution in [1.29, 1.82) is 0 Å². The summed E-state index contributed by atoms with van der Waals surface area (Å²) >= 11 is 0. The number of hydrogen-bond acceptors (Lipinski definition) is 6. The first kappa shape index (κ1) is 25.2. The number of nitrogens with zero attached hydrogens (tertiary/aromatic N) is 2. The van der Waals surface area contributed by atoms with Gasteiger partial charge in [0.25, 0.3) is 0 Å². The van der Waals surface area contributed by atoms with E-state index in [0.29, 0.717) is 18.3 Å². The van der Waals surface area contributed by atoms with Crippen molar-refractivity contribution in [3.05, 3.63) is 53.7 Å². The number of carbonyl (C=O) groups is 1. The lowest BCUT2D eigenvalue weighted by molar-refractivity contribution is -0.138. The summed E-state index contributed by atoms with van der Waals surface area (Å²) in [7, 11) is -4.21. The lowest BCUT2D eigenvalue weighted by Crippen LogP contribution is -2.49. The summed E-state index contributed by atoms with van der Waals surface area (Å²) in [5.41, 5.74) is -1.97. The van der Waals surface area contributed by atoms with E-state index in [9.17, 15) is 39.6 Å². The van der Waals surface area contributed by atoms with Gasteiger partial charge in [-0.2, -0.15) is 26.3 Å². The molecule has 2 aliphatic rings. The van der Waals surface area contributed by atoms with E-state index >= 15 is 0 Å². The molecule has 1 aromatic carbocycles. The monoisotopic (exact) mass is 523 g/mol. The Balaban J connectivity index is 1.55. The fourth-order valence-electron chi connectivity index (χ4n) is 4.17. The minimum atomic E-state index is -4.63. The fraction of sp³-hybridized carbons (Fsp3) is 0.429. The van der Waals surface area contributed by atoms with Crippen LogP contribution in [0.4, 0.5) is 26.3 Å². The third-order valence-corrected chi connectivity index (χ3v) is 7.93. The van der Waals surface area contributed by atoms with E-state index in [1.54, 1.807) is 0 Å². The second kappa shape index (κ2) is 8.97. The Morgan fingerprint density at radius 1 is 0.971 bits per heavy atom. The van der Waals surface area contributed by atoms with Crippen LogP contribution in [-0.2, 0) is 27.0 Å². The van der Waals surface area contributed by atoms with E-state index in [1.807, 2.05) is 0 Å². The molecule has 2 aliphatic heterocycles. The number of nitrogens with one attached hydrogen (secondary N) is 1. The Hall–Kier alpha value is -2.87. The molecule has 3 heterocycles. The summed E-state index contributed by atoms with van der Waals surface area (Å²) in [6.45, 7) is 0.0231. The first-order valence-corrected chi connectivity index (χ1v) is 12.0. The van der Waals surface area contributed by atoms with Gasteiger partial charge < -0.3 is 9.64 Å². The average molecular weight is 523 g/mol. The van der Waals surface area contributed by atoms with Gasteiger partial charge in [-0.3, -0.25) is 10.1 Å². The number of benzene rings is 1. The maximum Gasteiger partial charge on any atom is 0.417 e. The van der Waals surface area contributed by atoms with Crippen molar-refractivity contribution >= 4 is 15.7 Å². The normalized spacial score (nSPS) is 23.7. The molecule has 2 saturated heterocycles. The molecule has 1 amide bonds. The molecule has 4 rings (SSSR count). The molecule has 35 heavy (non-hydrogen) atoms. The van der Waals surface area contributed by atoms with Crippen LogP contribution in [0.3, 0.4) is 0 Å². The molecule has 2 fully saturated rings. The van der Waals surface area contributed by atoms with Crippen LogP contribution in [0.2, 0.25) is 0 Å². The molecule has 0 bridgehead atoms. The minimum Gasteiger partial charge on any atom is -0.472 e. The number of ether oxygens (including phenoxy) is 1. The Labute approximate surface area is 196 Å². The van der Waals surface area contributed by atoms with Gasteiger partial charge in [0.1, 0.15) is 11.5 Å². The standard InChI is InChI=1S/C21H19F6N3O4S/c22-20(23,24)12-1-4-15(5-2-12)35(32,33)19-16-9-14(11-30(16)18(31)7-8-28-19)34-17-6-3-13(10-29-17)21(25,26)27/h1-6,10,14,16,19,28H,7-9,11H2. The molecule has 1 aromatic heterocycles. The highest BCUT2D eigenvalue weighted by atomic mass is 32.2. The van der Waals surface area contributed by atoms with Crippen molar-refractivity contribution in [3.63, 3.8) is 0 Å². The van der Waals surface area contributed by atoms with Crippen LogP contribution in [0.15, 0.2) is 47.5 Å². The molecule has 0 spiro atoms. The smallest absolute Gasteiger partial charge is 0.417 e. The number of alkyl halides is 6. The molecule has 190 valence electrons. The zero-order valence-corrected chi connectivity index (χ0v) is 18.6. The number of pyridine rings is 1. The SMILES string of the molecule is O=C1CCNC(S(=O)(=O)c2ccc(C(F)(F)F)cc2)C2CC(Oc3ccc(C(F)(F)F)cn3)CN12. The Bertz CT molecular complexity index is 1180. The molecule has 1 N–H and O–H groups in total. The van der Waals surface area contributed by atoms with E-state index in [1.165, 1.54) is 4.90 Å². The van der Waals surface area contributed by atoms with Gasteiger partial charge in [-0.15, -0.1) is 0 Å². The van der Waals surface area contributed by atoms with Crippen molar-refractivity contribution in [2.45, 2.75) is 47.6 Å². The first-order valence-electron chi connectivity index (χ1n) is 10.4. The molecule has 3 atom stereocenters. The molecule has 0 saturated carbocycles. The van der Waals surface area contributed by atoms with Crippen LogP contribution in [0.1, 0.15) is 24.0 Å². The van der Waals surface area contributed by atoms with Crippen molar-refractivity contribution in [1.82, 2.24) is 15.2 Å². The quantitative estimate of drug-likeness (QED) is 0.620. The number of rotatable bonds is 4. The molecule has 2 aromatic rings. The Morgan fingerprint density at radius 3 is 2.17 bits per heavy atom. The molecule has 3 unspecified atom stereocenters. The van der Waals surface area contributed by atoms with E-state index in [-0.39, 0.29) is 42.6 Å². The van der Waals surface area contributed by atoms with Gasteiger partial charge in [-0.1, -0.05) is 0 Å². The molecular weight excluding hydrogens is 504 g/mol. The number of hydrogen-bond donors (Lipinski definition) is 1. The first-order chi connectivity index (χ1) is 16.3. The highest BCUT2D eigenvalue weighted by Gasteiger charge is 2.47. The van der Waals surface area contributed by atoms with Crippen LogP contribution in [0, 0.1) is 0 Å². The number of sulfone groups is 1. The summed E-state index contributed by atoms with van der Waals surface area (Å²) in [6, 6.07) is 3.99. The highest BCUT2D eigenvalue weighted by molar-refractivity contribution is 7.92. The van der Waals surface area contributed by atoms with E-state index < -0.39 is 50.8 Å². The Morgan fingerprint density at radius 2 is 1.60 bits per heavy atom. The predicted molar refractivity (Wildman–Crippen MR) is 109 cm³/mol. The summed E-state index contributed by atoms with van der Waals surface area (Å²) in [5.74, 6) is -0.470. The second-order valence-corrected chi connectivity index (χ2v) is 10.2. The minimum absolute atomic E-state index is 0.0131. The van der Waals surface area contributed by atoms with Crippen molar-refractivity contribution in [2.24, 2.45) is 0 Å². The molecule has 0 aliphatic carbocycles. The van der Waals surface area contributed by atoms with Gasteiger partial charge in [0.2, 0.25) is 11.8 Å². The topological polar surface area (TPSA) is 88.6 Å². The predicted octanol–water partition coefficient (Wildman–Crippen LogP) is 3.26. The number of amides is 1. The van der Waals surface area contributed by atoms with Crippen molar-refractivity contribution in [2.75, 3.05) is 13.1 Å². The van der Waals surface area contributed by atoms with Crippen LogP contribution >= 0.6 is 0 Å². The van der Waals surface area contributed by atoms with Gasteiger partial charge >= 0.3 is 12.4 Å². The van der Waals surface area contributed by atoms with Crippen LogP contribution in [0.25, 0.3) is 0 Å². The molecule has 14 heteroatoms. The van der Waals surface area contributed by atoms with E-state index in [2.05, 4.69) is 10.3 Å². The summed E-state index contributed by atoms with van der Waals surface area (Å²) in [4.78, 5) is 17.2. The molecule has 0 radical (unpaired) electrons. The lowest BCUT2D eigenvalue weighted by atomic mass is 10.2.